The van der Waals surface area contributed by atoms with Crippen LogP contribution in [0.1, 0.15) is 50.2 Å². The number of aliphatic carboxylic acids is 1. The molecule has 2 N–H and O–H groups in total. The Kier molecular flexibility index (Phi) is 5.75. The Morgan fingerprint density at radius 1 is 1.28 bits per heavy atom. The summed E-state index contributed by atoms with van der Waals surface area (Å²) in [4.78, 5) is 23.5. The van der Waals surface area contributed by atoms with Crippen molar-refractivity contribution in [1.29, 1.82) is 0 Å². The molecule has 138 valence electrons. The van der Waals surface area contributed by atoms with Gasteiger partial charge in [-0.25, -0.2) is 0 Å². The average Bonchev–Trinajstić information content (AvgIpc) is 2.93. The number of hydrogen-bond acceptors (Lipinski definition) is 2. The quantitative estimate of drug-likeness (QED) is 0.814. The number of halogens is 3. The van der Waals surface area contributed by atoms with Crippen LogP contribution in [0.4, 0.5) is 13.2 Å². The highest BCUT2D eigenvalue weighted by Gasteiger charge is 2.38. The summed E-state index contributed by atoms with van der Waals surface area (Å²) in [5.41, 5.74) is -1.04. The first-order chi connectivity index (χ1) is 11.6. The van der Waals surface area contributed by atoms with E-state index in [4.69, 9.17) is 5.11 Å². The molecule has 1 saturated carbocycles. The second kappa shape index (κ2) is 7.45. The van der Waals surface area contributed by atoms with E-state index in [1.165, 1.54) is 6.07 Å². The summed E-state index contributed by atoms with van der Waals surface area (Å²) < 4.78 is 38.3. The van der Waals surface area contributed by atoms with E-state index in [1.54, 1.807) is 13.0 Å². The van der Waals surface area contributed by atoms with Gasteiger partial charge in [-0.2, -0.15) is 13.2 Å². The molecule has 1 unspecified atom stereocenters. The normalized spacial score (nSPS) is 17.9. The highest BCUT2D eigenvalue weighted by atomic mass is 19.4. The van der Waals surface area contributed by atoms with Crippen LogP contribution in [0.3, 0.4) is 0 Å². The molecule has 0 saturated heterocycles. The van der Waals surface area contributed by atoms with Crippen molar-refractivity contribution in [3.8, 4) is 0 Å². The summed E-state index contributed by atoms with van der Waals surface area (Å²) >= 11 is 0. The zero-order chi connectivity index (χ0) is 18.7. The van der Waals surface area contributed by atoms with E-state index >= 15 is 0 Å². The third-order valence-electron chi connectivity index (χ3n) is 4.68. The fourth-order valence-electron chi connectivity index (χ4n) is 3.39. The lowest BCUT2D eigenvalue weighted by atomic mass is 9.91. The minimum absolute atomic E-state index is 0.130. The van der Waals surface area contributed by atoms with Gasteiger partial charge in [0.25, 0.3) is 0 Å². The molecule has 1 amide bonds. The predicted molar refractivity (Wildman–Crippen MR) is 85.9 cm³/mol. The minimum atomic E-state index is -4.42. The Bertz CT molecular complexity index is 637. The second-order valence-corrected chi connectivity index (χ2v) is 6.85. The zero-order valence-corrected chi connectivity index (χ0v) is 14.0. The van der Waals surface area contributed by atoms with Gasteiger partial charge in [0.05, 0.1) is 17.5 Å². The van der Waals surface area contributed by atoms with Gasteiger partial charge in [0.15, 0.2) is 0 Å². The van der Waals surface area contributed by atoms with Crippen molar-refractivity contribution in [1.82, 2.24) is 5.32 Å². The first kappa shape index (κ1) is 19.3. The van der Waals surface area contributed by atoms with Gasteiger partial charge in [0.1, 0.15) is 0 Å². The molecular formula is C18H22F3NO3. The maximum atomic E-state index is 12.8. The van der Waals surface area contributed by atoms with Crippen LogP contribution in [0.25, 0.3) is 0 Å². The number of rotatable bonds is 6. The van der Waals surface area contributed by atoms with Gasteiger partial charge in [-0.1, -0.05) is 38.0 Å². The van der Waals surface area contributed by atoms with Crippen LogP contribution in [-0.2, 0) is 22.2 Å². The van der Waals surface area contributed by atoms with Crippen LogP contribution in [0.15, 0.2) is 24.3 Å². The summed E-state index contributed by atoms with van der Waals surface area (Å²) in [7, 11) is 0. The number of carboxylic acids is 1. The number of carbonyl (C=O) groups excluding carboxylic acids is 1. The molecule has 1 aromatic rings. The van der Waals surface area contributed by atoms with E-state index in [9.17, 15) is 22.8 Å². The number of carbonyl (C=O) groups is 2. The first-order valence-corrected chi connectivity index (χ1v) is 8.31. The Labute approximate surface area is 144 Å². The van der Waals surface area contributed by atoms with Gasteiger partial charge in [-0.3, -0.25) is 9.59 Å². The fraction of sp³-hybridized carbons (Fsp3) is 0.556. The van der Waals surface area contributed by atoms with Crippen LogP contribution >= 0.6 is 0 Å². The molecule has 1 aliphatic rings. The monoisotopic (exact) mass is 357 g/mol. The number of amides is 1. The van der Waals surface area contributed by atoms with Crippen LogP contribution in [0.2, 0.25) is 0 Å². The van der Waals surface area contributed by atoms with Crippen molar-refractivity contribution in [3.63, 3.8) is 0 Å². The van der Waals surface area contributed by atoms with Crippen molar-refractivity contribution in [2.75, 3.05) is 0 Å². The molecule has 1 atom stereocenters. The first-order valence-electron chi connectivity index (χ1n) is 8.31. The van der Waals surface area contributed by atoms with Crippen LogP contribution in [0, 0.1) is 5.92 Å². The predicted octanol–water partition coefficient (Wildman–Crippen LogP) is 3.79. The van der Waals surface area contributed by atoms with Gasteiger partial charge in [0.2, 0.25) is 5.91 Å². The SMILES string of the molecule is CC(Cc1cccc(C(F)(F)F)c1)C(=O)NC1(CC(=O)O)CCCC1. The van der Waals surface area contributed by atoms with Crippen molar-refractivity contribution in [2.45, 2.75) is 57.2 Å². The van der Waals surface area contributed by atoms with E-state index in [-0.39, 0.29) is 18.7 Å². The van der Waals surface area contributed by atoms with Gasteiger partial charge in [0, 0.05) is 5.92 Å². The summed E-state index contributed by atoms with van der Waals surface area (Å²) in [6.07, 6.45) is -1.45. The topological polar surface area (TPSA) is 66.4 Å². The molecule has 0 aromatic heterocycles. The molecular weight excluding hydrogens is 335 g/mol. The Balaban J connectivity index is 2.04. The van der Waals surface area contributed by atoms with Gasteiger partial charge in [-0.15, -0.1) is 0 Å². The molecule has 25 heavy (non-hydrogen) atoms. The van der Waals surface area contributed by atoms with E-state index in [0.717, 1.165) is 25.0 Å². The van der Waals surface area contributed by atoms with E-state index in [1.807, 2.05) is 0 Å². The highest BCUT2D eigenvalue weighted by molar-refractivity contribution is 5.80. The largest absolute Gasteiger partial charge is 0.481 e. The van der Waals surface area contributed by atoms with Crippen molar-refractivity contribution >= 4 is 11.9 Å². The van der Waals surface area contributed by atoms with Crippen molar-refractivity contribution in [2.24, 2.45) is 5.92 Å². The number of alkyl halides is 3. The third kappa shape index (κ3) is 5.21. The Morgan fingerprint density at radius 2 is 1.92 bits per heavy atom. The Morgan fingerprint density at radius 3 is 2.48 bits per heavy atom. The summed E-state index contributed by atoms with van der Waals surface area (Å²) in [6, 6.07) is 4.92. The lowest BCUT2D eigenvalue weighted by Gasteiger charge is -2.30. The minimum Gasteiger partial charge on any atom is -0.481 e. The van der Waals surface area contributed by atoms with Crippen molar-refractivity contribution in [3.05, 3.63) is 35.4 Å². The molecule has 7 heteroatoms. The molecule has 0 spiro atoms. The van der Waals surface area contributed by atoms with Crippen molar-refractivity contribution < 1.29 is 27.9 Å². The summed E-state index contributed by atoms with van der Waals surface area (Å²) in [5.74, 6) is -1.83. The number of carboxylic acid groups (broad SMARTS) is 1. The lowest BCUT2D eigenvalue weighted by Crippen LogP contribution is -2.49. The molecule has 2 rings (SSSR count). The molecule has 0 radical (unpaired) electrons. The summed E-state index contributed by atoms with van der Waals surface area (Å²) in [5, 5.41) is 11.9. The zero-order valence-electron chi connectivity index (χ0n) is 14.0. The van der Waals surface area contributed by atoms with Gasteiger partial charge in [-0.05, 0) is 30.9 Å². The van der Waals surface area contributed by atoms with Crippen LogP contribution < -0.4 is 5.32 Å². The second-order valence-electron chi connectivity index (χ2n) is 6.85. The summed E-state index contributed by atoms with van der Waals surface area (Å²) in [6.45, 7) is 1.64. The molecule has 0 bridgehead atoms. The molecule has 1 aromatic carbocycles. The maximum absolute atomic E-state index is 12.8. The van der Waals surface area contributed by atoms with E-state index in [0.29, 0.717) is 18.4 Å². The highest BCUT2D eigenvalue weighted by Crippen LogP contribution is 2.33. The van der Waals surface area contributed by atoms with Crippen LogP contribution in [-0.4, -0.2) is 22.5 Å². The smallest absolute Gasteiger partial charge is 0.416 e. The van der Waals surface area contributed by atoms with Crippen LogP contribution in [0.5, 0.6) is 0 Å². The standard InChI is InChI=1S/C18H22F3NO3/c1-12(9-13-5-4-6-14(10-13)18(19,20)21)16(25)22-17(11-15(23)24)7-2-3-8-17/h4-6,10,12H,2-3,7-9,11H2,1H3,(H,22,25)(H,23,24). The lowest BCUT2D eigenvalue weighted by molar-refractivity contribution is -0.139. The van der Waals surface area contributed by atoms with Gasteiger partial charge < -0.3 is 10.4 Å². The number of benzene rings is 1. The number of nitrogens with one attached hydrogen (secondary N) is 1. The molecule has 1 aliphatic carbocycles. The fourth-order valence-corrected chi connectivity index (χ4v) is 3.39. The van der Waals surface area contributed by atoms with Gasteiger partial charge >= 0.3 is 12.1 Å². The molecule has 0 heterocycles. The van der Waals surface area contributed by atoms with E-state index in [2.05, 4.69) is 5.32 Å². The average molecular weight is 357 g/mol. The maximum Gasteiger partial charge on any atom is 0.416 e. The number of hydrogen-bond donors (Lipinski definition) is 2. The third-order valence-corrected chi connectivity index (χ3v) is 4.68. The molecule has 4 nitrogen and oxygen atoms in total. The van der Waals surface area contributed by atoms with E-state index < -0.39 is 29.2 Å². The molecule has 1 fully saturated rings. The molecule has 0 aliphatic heterocycles. The Hall–Kier alpha value is -2.05.